The highest BCUT2D eigenvalue weighted by Crippen LogP contribution is 2.32. The van der Waals surface area contributed by atoms with Gasteiger partial charge in [0.2, 0.25) is 0 Å². The molecule has 1 fully saturated rings. The van der Waals surface area contributed by atoms with Crippen LogP contribution >= 0.6 is 0 Å². The van der Waals surface area contributed by atoms with Gasteiger partial charge in [-0.05, 0) is 43.7 Å². The van der Waals surface area contributed by atoms with Crippen LogP contribution in [-0.4, -0.2) is 43.3 Å². The van der Waals surface area contributed by atoms with Gasteiger partial charge in [-0.1, -0.05) is 38.5 Å². The van der Waals surface area contributed by atoms with Gasteiger partial charge in [0, 0.05) is 13.1 Å². The van der Waals surface area contributed by atoms with E-state index < -0.39 is 0 Å². The van der Waals surface area contributed by atoms with E-state index in [2.05, 4.69) is 39.1 Å². The Labute approximate surface area is 162 Å². The summed E-state index contributed by atoms with van der Waals surface area (Å²) < 4.78 is 10.9. The number of hydrogen-bond donors (Lipinski definition) is 1. The average Bonchev–Trinajstić information content (AvgIpc) is 2.62. The number of nitrogens with one attached hydrogen (secondary N) is 1. The molecular weight excluding hydrogens is 344 g/mol. The van der Waals surface area contributed by atoms with Crippen molar-refractivity contribution in [2.45, 2.75) is 52.9 Å². The molecule has 0 radical (unpaired) electrons. The Balaban J connectivity index is 1.83. The first-order chi connectivity index (χ1) is 12.7. The van der Waals surface area contributed by atoms with Crippen molar-refractivity contribution < 1.29 is 19.1 Å². The molecule has 1 aromatic carbocycles. The molecule has 0 aromatic heterocycles. The molecule has 2 rings (SSSR count). The molecule has 0 spiro atoms. The molecule has 1 aromatic rings. The third kappa shape index (κ3) is 5.88. The zero-order chi connectivity index (χ0) is 20.0. The zero-order valence-corrected chi connectivity index (χ0v) is 17.1. The van der Waals surface area contributed by atoms with Gasteiger partial charge in [-0.25, -0.2) is 4.79 Å². The molecule has 0 saturated carbocycles. The highest BCUT2D eigenvalue weighted by atomic mass is 16.5. The Morgan fingerprint density at radius 1 is 1.22 bits per heavy atom. The summed E-state index contributed by atoms with van der Waals surface area (Å²) in [5.74, 6) is 0.525. The van der Waals surface area contributed by atoms with Crippen LogP contribution in [0.25, 0.3) is 0 Å². The van der Waals surface area contributed by atoms with E-state index >= 15 is 0 Å². The summed E-state index contributed by atoms with van der Waals surface area (Å²) in [6.07, 6.45) is 1.28. The fraction of sp³-hybridized carbons (Fsp3) is 0.619. The average molecular weight is 376 g/mol. The number of urea groups is 1. The predicted molar refractivity (Wildman–Crippen MR) is 105 cm³/mol. The molecule has 27 heavy (non-hydrogen) atoms. The Morgan fingerprint density at radius 3 is 2.48 bits per heavy atom. The number of esters is 1. The van der Waals surface area contributed by atoms with Crippen LogP contribution in [0.15, 0.2) is 18.2 Å². The molecule has 6 nitrogen and oxygen atoms in total. The smallest absolute Gasteiger partial charge is 0.320 e. The second kappa shape index (κ2) is 9.11. The number of piperidine rings is 1. The number of amides is 2. The summed E-state index contributed by atoms with van der Waals surface area (Å²) in [4.78, 5) is 25.8. The van der Waals surface area contributed by atoms with Crippen LogP contribution in [0.1, 0.15) is 51.7 Å². The maximum Gasteiger partial charge on any atom is 0.320 e. The SMILES string of the molecule is CCOC(=O)C1CCN(C(=O)NCOc2ccc(C)cc2C(C)(C)C)CC1. The predicted octanol–water partition coefficient (Wildman–Crippen LogP) is 3.61. The van der Waals surface area contributed by atoms with Crippen molar-refractivity contribution in [2.24, 2.45) is 5.92 Å². The van der Waals surface area contributed by atoms with Gasteiger partial charge >= 0.3 is 12.0 Å². The molecule has 0 bridgehead atoms. The first-order valence-electron chi connectivity index (χ1n) is 9.65. The van der Waals surface area contributed by atoms with Crippen molar-refractivity contribution in [3.8, 4) is 5.75 Å². The van der Waals surface area contributed by atoms with E-state index in [0.717, 1.165) is 11.3 Å². The number of benzene rings is 1. The number of hydrogen-bond acceptors (Lipinski definition) is 4. The lowest BCUT2D eigenvalue weighted by atomic mass is 9.85. The van der Waals surface area contributed by atoms with E-state index in [1.54, 1.807) is 11.8 Å². The third-order valence-electron chi connectivity index (χ3n) is 4.80. The lowest BCUT2D eigenvalue weighted by molar-refractivity contribution is -0.149. The maximum atomic E-state index is 12.3. The van der Waals surface area contributed by atoms with Crippen LogP contribution in [0, 0.1) is 12.8 Å². The van der Waals surface area contributed by atoms with E-state index in [0.29, 0.717) is 32.5 Å². The molecule has 1 heterocycles. The normalized spacial score (nSPS) is 15.4. The Hall–Kier alpha value is -2.24. The molecule has 1 aliphatic heterocycles. The van der Waals surface area contributed by atoms with Crippen LogP contribution < -0.4 is 10.1 Å². The maximum absolute atomic E-state index is 12.3. The fourth-order valence-electron chi connectivity index (χ4n) is 3.22. The van der Waals surface area contributed by atoms with Gasteiger partial charge in [-0.2, -0.15) is 0 Å². The van der Waals surface area contributed by atoms with Crippen molar-refractivity contribution in [1.29, 1.82) is 0 Å². The van der Waals surface area contributed by atoms with Crippen LogP contribution in [0.5, 0.6) is 5.75 Å². The number of ether oxygens (including phenoxy) is 2. The van der Waals surface area contributed by atoms with E-state index in [1.165, 1.54) is 5.56 Å². The highest BCUT2D eigenvalue weighted by Gasteiger charge is 2.28. The van der Waals surface area contributed by atoms with Gasteiger partial charge in [0.15, 0.2) is 6.73 Å². The monoisotopic (exact) mass is 376 g/mol. The van der Waals surface area contributed by atoms with Crippen molar-refractivity contribution in [3.63, 3.8) is 0 Å². The first-order valence-corrected chi connectivity index (χ1v) is 9.65. The van der Waals surface area contributed by atoms with Crippen LogP contribution in [0.3, 0.4) is 0 Å². The zero-order valence-electron chi connectivity index (χ0n) is 17.1. The Morgan fingerprint density at radius 2 is 1.89 bits per heavy atom. The summed E-state index contributed by atoms with van der Waals surface area (Å²) in [6, 6.07) is 5.92. The lowest BCUT2D eigenvalue weighted by Crippen LogP contribution is -2.46. The van der Waals surface area contributed by atoms with Crippen LogP contribution in [0.4, 0.5) is 4.79 Å². The fourth-order valence-corrected chi connectivity index (χ4v) is 3.22. The Kier molecular flexibility index (Phi) is 7.11. The minimum atomic E-state index is -0.165. The van der Waals surface area contributed by atoms with E-state index in [-0.39, 0.29) is 30.1 Å². The number of likely N-dealkylation sites (tertiary alicyclic amines) is 1. The van der Waals surface area contributed by atoms with Crippen molar-refractivity contribution >= 4 is 12.0 Å². The van der Waals surface area contributed by atoms with Crippen molar-refractivity contribution in [1.82, 2.24) is 10.2 Å². The minimum absolute atomic E-state index is 0.0413. The molecule has 1 saturated heterocycles. The van der Waals surface area contributed by atoms with Gasteiger partial charge in [-0.3, -0.25) is 4.79 Å². The third-order valence-corrected chi connectivity index (χ3v) is 4.80. The summed E-state index contributed by atoms with van der Waals surface area (Å²) in [5, 5.41) is 2.81. The summed E-state index contributed by atoms with van der Waals surface area (Å²) >= 11 is 0. The number of rotatable bonds is 5. The van der Waals surface area contributed by atoms with E-state index in [9.17, 15) is 9.59 Å². The van der Waals surface area contributed by atoms with Gasteiger partial charge in [0.25, 0.3) is 0 Å². The summed E-state index contributed by atoms with van der Waals surface area (Å²) in [6.45, 7) is 11.9. The summed E-state index contributed by atoms with van der Waals surface area (Å²) in [5.41, 5.74) is 2.26. The molecule has 0 unspecified atom stereocenters. The number of nitrogens with zero attached hydrogens (tertiary/aromatic N) is 1. The Bertz CT molecular complexity index is 659. The van der Waals surface area contributed by atoms with E-state index in [1.807, 2.05) is 12.1 Å². The second-order valence-electron chi connectivity index (χ2n) is 8.03. The summed E-state index contributed by atoms with van der Waals surface area (Å²) in [7, 11) is 0. The van der Waals surface area contributed by atoms with Gasteiger partial charge < -0.3 is 19.7 Å². The topological polar surface area (TPSA) is 67.9 Å². The standard InChI is InChI=1S/C21H32N2O4/c1-6-26-19(24)16-9-11-23(12-10-16)20(25)22-14-27-18-8-7-15(2)13-17(18)21(3,4)5/h7-8,13,16H,6,9-12,14H2,1-5H3,(H,22,25). The quantitative estimate of drug-likeness (QED) is 0.630. The number of carbonyl (C=O) groups is 2. The molecule has 150 valence electrons. The molecule has 0 atom stereocenters. The second-order valence-corrected chi connectivity index (χ2v) is 8.03. The highest BCUT2D eigenvalue weighted by molar-refractivity contribution is 5.75. The van der Waals surface area contributed by atoms with Crippen LogP contribution in [0.2, 0.25) is 0 Å². The first kappa shape index (κ1) is 21.1. The number of aryl methyl sites for hydroxylation is 1. The number of carbonyl (C=O) groups excluding carboxylic acids is 2. The molecule has 1 aliphatic rings. The van der Waals surface area contributed by atoms with Crippen molar-refractivity contribution in [3.05, 3.63) is 29.3 Å². The lowest BCUT2D eigenvalue weighted by Gasteiger charge is -2.31. The van der Waals surface area contributed by atoms with Gasteiger partial charge in [-0.15, -0.1) is 0 Å². The largest absolute Gasteiger partial charge is 0.473 e. The molecule has 6 heteroatoms. The molecule has 1 N–H and O–H groups in total. The molecule has 2 amide bonds. The van der Waals surface area contributed by atoms with Gasteiger partial charge in [0.05, 0.1) is 12.5 Å². The molecular formula is C21H32N2O4. The van der Waals surface area contributed by atoms with Gasteiger partial charge in [0.1, 0.15) is 5.75 Å². The van der Waals surface area contributed by atoms with Crippen LogP contribution in [-0.2, 0) is 14.9 Å². The van der Waals surface area contributed by atoms with E-state index in [4.69, 9.17) is 9.47 Å². The van der Waals surface area contributed by atoms with Crippen molar-refractivity contribution in [2.75, 3.05) is 26.4 Å². The molecule has 0 aliphatic carbocycles. The minimum Gasteiger partial charge on any atom is -0.473 e.